The topological polar surface area (TPSA) is 89.7 Å². The Labute approximate surface area is 115 Å². The molecule has 0 radical (unpaired) electrons. The van der Waals surface area contributed by atoms with Crippen molar-refractivity contribution in [3.63, 3.8) is 0 Å². The first-order valence-electron chi connectivity index (χ1n) is 6.12. The van der Waals surface area contributed by atoms with Gasteiger partial charge in [-0.05, 0) is 19.1 Å². The van der Waals surface area contributed by atoms with Gasteiger partial charge in [-0.25, -0.2) is 4.79 Å². The van der Waals surface area contributed by atoms with E-state index in [-0.39, 0.29) is 18.8 Å². The van der Waals surface area contributed by atoms with Crippen LogP contribution in [-0.4, -0.2) is 35.8 Å². The number of benzene rings is 1. The van der Waals surface area contributed by atoms with E-state index >= 15 is 0 Å². The average Bonchev–Trinajstić information content (AvgIpc) is 2.65. The number of rotatable bonds is 4. The fourth-order valence-corrected chi connectivity index (χ4v) is 1.95. The maximum absolute atomic E-state index is 12.1. The van der Waals surface area contributed by atoms with Crippen LogP contribution in [0.3, 0.4) is 0 Å². The lowest BCUT2D eigenvalue weighted by atomic mass is 10.1. The second-order valence-corrected chi connectivity index (χ2v) is 4.21. The third kappa shape index (κ3) is 2.54. The molecule has 1 heterocycles. The molecule has 1 aromatic carbocycles. The van der Waals surface area contributed by atoms with Crippen molar-refractivity contribution >= 4 is 17.8 Å². The largest absolute Gasteiger partial charge is 0.463 e. The van der Waals surface area contributed by atoms with Crippen LogP contribution in [0.25, 0.3) is 0 Å². The van der Waals surface area contributed by atoms with Crippen molar-refractivity contribution in [2.75, 3.05) is 13.2 Å². The average molecular weight is 274 g/mol. The molecule has 0 fully saturated rings. The summed E-state index contributed by atoms with van der Waals surface area (Å²) < 4.78 is 4.71. The Bertz CT molecular complexity index is 572. The van der Waals surface area contributed by atoms with E-state index in [2.05, 4.69) is 0 Å². The molecule has 0 aromatic heterocycles. The Morgan fingerprint density at radius 1 is 1.25 bits per heavy atom. The van der Waals surface area contributed by atoms with E-state index in [0.29, 0.717) is 11.1 Å². The van der Waals surface area contributed by atoms with Crippen molar-refractivity contribution in [2.45, 2.75) is 6.92 Å². The second kappa shape index (κ2) is 5.56. The van der Waals surface area contributed by atoms with Crippen molar-refractivity contribution in [2.24, 2.45) is 5.73 Å². The van der Waals surface area contributed by atoms with Crippen molar-refractivity contribution in [3.8, 4) is 0 Å². The van der Waals surface area contributed by atoms with Crippen LogP contribution in [0.15, 0.2) is 36.0 Å². The first kappa shape index (κ1) is 13.8. The number of nitrogens with zero attached hydrogens (tertiary/aromatic N) is 1. The molecule has 0 spiro atoms. The van der Waals surface area contributed by atoms with E-state index in [4.69, 9.17) is 10.5 Å². The molecule has 1 aliphatic rings. The lowest BCUT2D eigenvalue weighted by Crippen LogP contribution is -2.33. The summed E-state index contributed by atoms with van der Waals surface area (Å²) in [5.74, 6) is -1.42. The zero-order valence-electron chi connectivity index (χ0n) is 11.0. The molecule has 1 aliphatic heterocycles. The van der Waals surface area contributed by atoms with Crippen LogP contribution in [0.4, 0.5) is 0 Å². The molecule has 0 saturated heterocycles. The van der Waals surface area contributed by atoms with Crippen LogP contribution >= 0.6 is 0 Å². The SMILES string of the molecule is CCOC(=O)/C=C(\N)CN1C(=O)c2ccccc2C1=O. The van der Waals surface area contributed by atoms with Crippen molar-refractivity contribution in [3.05, 3.63) is 47.2 Å². The van der Waals surface area contributed by atoms with Crippen molar-refractivity contribution in [1.82, 2.24) is 4.90 Å². The van der Waals surface area contributed by atoms with Crippen LogP contribution < -0.4 is 5.73 Å². The van der Waals surface area contributed by atoms with Gasteiger partial charge < -0.3 is 10.5 Å². The van der Waals surface area contributed by atoms with Gasteiger partial charge in [-0.2, -0.15) is 0 Å². The molecular formula is C14H14N2O4. The maximum atomic E-state index is 12.1. The second-order valence-electron chi connectivity index (χ2n) is 4.21. The molecule has 104 valence electrons. The monoisotopic (exact) mass is 274 g/mol. The Morgan fingerprint density at radius 3 is 2.30 bits per heavy atom. The summed E-state index contributed by atoms with van der Waals surface area (Å²) in [6.45, 7) is 1.77. The van der Waals surface area contributed by atoms with E-state index in [9.17, 15) is 14.4 Å². The van der Waals surface area contributed by atoms with E-state index < -0.39 is 17.8 Å². The summed E-state index contributed by atoms with van der Waals surface area (Å²) >= 11 is 0. The van der Waals surface area contributed by atoms with Gasteiger partial charge in [-0.3, -0.25) is 14.5 Å². The van der Waals surface area contributed by atoms with E-state index in [1.54, 1.807) is 31.2 Å². The van der Waals surface area contributed by atoms with Crippen LogP contribution in [0.2, 0.25) is 0 Å². The highest BCUT2D eigenvalue weighted by Gasteiger charge is 2.35. The number of hydrogen-bond donors (Lipinski definition) is 1. The summed E-state index contributed by atoms with van der Waals surface area (Å²) in [6.07, 6.45) is 1.08. The van der Waals surface area contributed by atoms with Gasteiger partial charge in [0, 0.05) is 11.8 Å². The smallest absolute Gasteiger partial charge is 0.332 e. The molecule has 2 amide bonds. The molecule has 2 N–H and O–H groups in total. The van der Waals surface area contributed by atoms with Gasteiger partial charge in [-0.1, -0.05) is 12.1 Å². The Kier molecular flexibility index (Phi) is 3.84. The first-order chi connectivity index (χ1) is 9.54. The summed E-state index contributed by atoms with van der Waals surface area (Å²) in [6, 6.07) is 6.54. The molecule has 20 heavy (non-hydrogen) atoms. The van der Waals surface area contributed by atoms with Gasteiger partial charge in [0.15, 0.2) is 0 Å². The van der Waals surface area contributed by atoms with Gasteiger partial charge in [0.25, 0.3) is 11.8 Å². The van der Waals surface area contributed by atoms with Gasteiger partial charge in [0.05, 0.1) is 24.3 Å². The minimum Gasteiger partial charge on any atom is -0.463 e. The number of fused-ring (bicyclic) bond motifs is 1. The van der Waals surface area contributed by atoms with E-state index in [1.165, 1.54) is 0 Å². The Hall–Kier alpha value is -2.63. The molecule has 0 unspecified atom stereocenters. The van der Waals surface area contributed by atoms with Crippen LogP contribution in [-0.2, 0) is 9.53 Å². The quantitative estimate of drug-likeness (QED) is 0.495. The maximum Gasteiger partial charge on any atom is 0.332 e. The first-order valence-corrected chi connectivity index (χ1v) is 6.12. The van der Waals surface area contributed by atoms with Gasteiger partial charge in [-0.15, -0.1) is 0 Å². The van der Waals surface area contributed by atoms with Crippen LogP contribution in [0.1, 0.15) is 27.6 Å². The zero-order valence-corrected chi connectivity index (χ0v) is 11.0. The molecule has 6 heteroatoms. The predicted octanol–water partition coefficient (Wildman–Crippen LogP) is 0.688. The van der Waals surface area contributed by atoms with Crippen molar-refractivity contribution < 1.29 is 19.1 Å². The molecular weight excluding hydrogens is 260 g/mol. The number of carbonyl (C=O) groups is 3. The Morgan fingerprint density at radius 2 is 1.80 bits per heavy atom. The van der Waals surface area contributed by atoms with Gasteiger partial charge in [0.1, 0.15) is 0 Å². The third-order valence-corrected chi connectivity index (χ3v) is 2.81. The number of nitrogens with two attached hydrogens (primary N) is 1. The van der Waals surface area contributed by atoms with E-state index in [0.717, 1.165) is 11.0 Å². The molecule has 2 rings (SSSR count). The Balaban J connectivity index is 2.15. The number of amides is 2. The summed E-state index contributed by atoms with van der Waals surface area (Å²) in [7, 11) is 0. The van der Waals surface area contributed by atoms with E-state index in [1.807, 2.05) is 0 Å². The lowest BCUT2D eigenvalue weighted by molar-refractivity contribution is -0.137. The molecule has 0 aliphatic carbocycles. The van der Waals surface area contributed by atoms with Crippen molar-refractivity contribution in [1.29, 1.82) is 0 Å². The van der Waals surface area contributed by atoms with Crippen LogP contribution in [0, 0.1) is 0 Å². The van der Waals surface area contributed by atoms with Gasteiger partial charge in [0.2, 0.25) is 0 Å². The number of ether oxygens (including phenoxy) is 1. The summed E-state index contributed by atoms with van der Waals surface area (Å²) in [4.78, 5) is 36.4. The molecule has 0 bridgehead atoms. The standard InChI is InChI=1S/C14H14N2O4/c1-2-20-12(17)7-9(15)8-16-13(18)10-5-3-4-6-11(10)14(16)19/h3-7H,2,8,15H2,1H3/b9-7-. The number of carbonyl (C=O) groups excluding carboxylic acids is 3. The normalized spacial score (nSPS) is 14.4. The van der Waals surface area contributed by atoms with Crippen LogP contribution in [0.5, 0.6) is 0 Å². The minimum absolute atomic E-state index is 0.0953. The molecule has 1 aromatic rings. The van der Waals surface area contributed by atoms with Gasteiger partial charge >= 0.3 is 5.97 Å². The minimum atomic E-state index is -0.596. The zero-order chi connectivity index (χ0) is 14.7. The highest BCUT2D eigenvalue weighted by Crippen LogP contribution is 2.22. The summed E-state index contributed by atoms with van der Waals surface area (Å²) in [5, 5.41) is 0. The predicted molar refractivity (Wildman–Crippen MR) is 70.7 cm³/mol. The molecule has 0 atom stereocenters. The fraction of sp³-hybridized carbons (Fsp3) is 0.214. The molecule has 6 nitrogen and oxygen atoms in total. The number of hydrogen-bond acceptors (Lipinski definition) is 5. The number of imide groups is 1. The summed E-state index contributed by atoms with van der Waals surface area (Å²) in [5.41, 5.74) is 6.45. The highest BCUT2D eigenvalue weighted by atomic mass is 16.5. The number of esters is 1. The fourth-order valence-electron chi connectivity index (χ4n) is 1.95. The lowest BCUT2D eigenvalue weighted by Gasteiger charge is -2.13. The molecule has 0 saturated carbocycles. The highest BCUT2D eigenvalue weighted by molar-refractivity contribution is 6.21. The third-order valence-electron chi connectivity index (χ3n) is 2.81.